The highest BCUT2D eigenvalue weighted by Gasteiger charge is 2.27. The molecule has 0 aliphatic carbocycles. The van der Waals surface area contributed by atoms with Crippen LogP contribution in [-0.4, -0.2) is 71.1 Å². The Morgan fingerprint density at radius 3 is 2.43 bits per heavy atom. The minimum absolute atomic E-state index is 0.00775. The SMILES string of the molecule is Cc1nn(-c2ccccc2)c(N2CCN(C)CC2)c1CN(CCC(C)C)C(=O)CCl. The molecule has 1 aromatic heterocycles. The fourth-order valence-corrected chi connectivity index (χ4v) is 3.98. The average molecular weight is 432 g/mol. The summed E-state index contributed by atoms with van der Waals surface area (Å²) < 4.78 is 2.04. The van der Waals surface area contributed by atoms with Gasteiger partial charge in [-0.2, -0.15) is 5.10 Å². The largest absolute Gasteiger partial charge is 0.354 e. The molecule has 6 nitrogen and oxygen atoms in total. The zero-order valence-corrected chi connectivity index (χ0v) is 19.4. The lowest BCUT2D eigenvalue weighted by atomic mass is 10.1. The summed E-state index contributed by atoms with van der Waals surface area (Å²) >= 11 is 5.95. The third kappa shape index (κ3) is 5.35. The maximum atomic E-state index is 12.6. The molecular formula is C23H34ClN5O. The molecule has 164 valence electrons. The number of hydrogen-bond donors (Lipinski definition) is 0. The second kappa shape index (κ2) is 10.3. The first-order chi connectivity index (χ1) is 14.4. The minimum Gasteiger partial charge on any atom is -0.354 e. The molecule has 1 saturated heterocycles. The lowest BCUT2D eigenvalue weighted by Gasteiger charge is -2.35. The van der Waals surface area contributed by atoms with Crippen LogP contribution in [0.5, 0.6) is 0 Å². The summed E-state index contributed by atoms with van der Waals surface area (Å²) in [4.78, 5) is 19.2. The first-order valence-electron chi connectivity index (χ1n) is 10.8. The molecule has 30 heavy (non-hydrogen) atoms. The Labute approximate surface area is 185 Å². The molecular weight excluding hydrogens is 398 g/mol. The highest BCUT2D eigenvalue weighted by Crippen LogP contribution is 2.30. The fraction of sp³-hybridized carbons (Fsp3) is 0.565. The molecule has 0 unspecified atom stereocenters. The number of anilines is 1. The van der Waals surface area contributed by atoms with E-state index in [1.807, 2.05) is 34.7 Å². The topological polar surface area (TPSA) is 44.6 Å². The van der Waals surface area contributed by atoms with E-state index in [0.717, 1.165) is 55.4 Å². The van der Waals surface area contributed by atoms with Crippen molar-refractivity contribution < 1.29 is 4.79 Å². The molecule has 0 saturated carbocycles. The van der Waals surface area contributed by atoms with Crippen LogP contribution in [0.25, 0.3) is 5.69 Å². The minimum atomic E-state index is -0.0199. The number of benzene rings is 1. The summed E-state index contributed by atoms with van der Waals surface area (Å²) in [6, 6.07) is 10.2. The monoisotopic (exact) mass is 431 g/mol. The van der Waals surface area contributed by atoms with Gasteiger partial charge in [-0.1, -0.05) is 32.0 Å². The molecule has 3 rings (SSSR count). The second-order valence-electron chi connectivity index (χ2n) is 8.56. The average Bonchev–Trinajstić information content (AvgIpc) is 3.07. The predicted octanol–water partition coefficient (Wildman–Crippen LogP) is 3.55. The van der Waals surface area contributed by atoms with Gasteiger partial charge in [-0.25, -0.2) is 4.68 Å². The first-order valence-corrected chi connectivity index (χ1v) is 11.3. The van der Waals surface area contributed by atoms with Crippen LogP contribution in [-0.2, 0) is 11.3 Å². The zero-order valence-electron chi connectivity index (χ0n) is 18.6. The van der Waals surface area contributed by atoms with Gasteiger partial charge in [0.25, 0.3) is 0 Å². The van der Waals surface area contributed by atoms with Gasteiger partial charge in [-0.15, -0.1) is 11.6 Å². The summed E-state index contributed by atoms with van der Waals surface area (Å²) in [6.07, 6.45) is 0.957. The Kier molecular flexibility index (Phi) is 7.78. The van der Waals surface area contributed by atoms with Crippen molar-refractivity contribution in [3.63, 3.8) is 0 Å². The predicted molar refractivity (Wildman–Crippen MR) is 124 cm³/mol. The number of carbonyl (C=O) groups is 1. The van der Waals surface area contributed by atoms with Gasteiger partial charge in [0.1, 0.15) is 11.7 Å². The molecule has 2 aromatic rings. The van der Waals surface area contributed by atoms with Gasteiger partial charge in [0.2, 0.25) is 5.91 Å². The van der Waals surface area contributed by atoms with Crippen LogP contribution in [0.1, 0.15) is 31.5 Å². The molecule has 1 fully saturated rings. The van der Waals surface area contributed by atoms with Gasteiger partial charge in [-0.05, 0) is 38.4 Å². The Balaban J connectivity index is 1.99. The highest BCUT2D eigenvalue weighted by atomic mass is 35.5. The van der Waals surface area contributed by atoms with E-state index in [1.54, 1.807) is 0 Å². The van der Waals surface area contributed by atoms with E-state index in [0.29, 0.717) is 19.0 Å². The second-order valence-corrected chi connectivity index (χ2v) is 8.82. The molecule has 2 heterocycles. The van der Waals surface area contributed by atoms with Crippen molar-refractivity contribution in [2.75, 3.05) is 50.6 Å². The lowest BCUT2D eigenvalue weighted by molar-refractivity contribution is -0.129. The number of carbonyl (C=O) groups excluding carboxylic acids is 1. The molecule has 1 aliphatic heterocycles. The maximum Gasteiger partial charge on any atom is 0.237 e. The standard InChI is InChI=1S/C23H34ClN5O/c1-18(2)10-11-28(22(30)16-24)17-21-19(3)25-29(20-8-6-5-7-9-20)23(21)27-14-12-26(4)13-15-27/h5-9,18H,10-17H2,1-4H3. The van der Waals surface area contributed by atoms with Crippen molar-refractivity contribution in [2.24, 2.45) is 5.92 Å². The van der Waals surface area contributed by atoms with E-state index in [-0.39, 0.29) is 11.8 Å². The number of likely N-dealkylation sites (N-methyl/N-ethyl adjacent to an activating group) is 1. The van der Waals surface area contributed by atoms with E-state index in [4.69, 9.17) is 16.7 Å². The number of alkyl halides is 1. The van der Waals surface area contributed by atoms with Crippen molar-refractivity contribution in [3.05, 3.63) is 41.6 Å². The van der Waals surface area contributed by atoms with Gasteiger partial charge >= 0.3 is 0 Å². The quantitative estimate of drug-likeness (QED) is 0.599. The van der Waals surface area contributed by atoms with Gasteiger partial charge < -0.3 is 14.7 Å². The highest BCUT2D eigenvalue weighted by molar-refractivity contribution is 6.27. The van der Waals surface area contributed by atoms with Crippen LogP contribution in [0, 0.1) is 12.8 Å². The van der Waals surface area contributed by atoms with Crippen LogP contribution in [0.2, 0.25) is 0 Å². The molecule has 1 amide bonds. The van der Waals surface area contributed by atoms with Crippen molar-refractivity contribution in [1.29, 1.82) is 0 Å². The molecule has 0 N–H and O–H groups in total. The van der Waals surface area contributed by atoms with Crippen molar-refractivity contribution in [1.82, 2.24) is 19.6 Å². The van der Waals surface area contributed by atoms with Crippen LogP contribution < -0.4 is 4.90 Å². The van der Waals surface area contributed by atoms with E-state index < -0.39 is 0 Å². The lowest BCUT2D eigenvalue weighted by Crippen LogP contribution is -2.45. The Bertz CT molecular complexity index is 828. The summed E-state index contributed by atoms with van der Waals surface area (Å²) in [6.45, 7) is 11.6. The summed E-state index contributed by atoms with van der Waals surface area (Å²) in [5.41, 5.74) is 3.12. The van der Waals surface area contributed by atoms with E-state index in [2.05, 4.69) is 42.8 Å². The van der Waals surface area contributed by atoms with Crippen molar-refractivity contribution in [3.8, 4) is 5.69 Å². The van der Waals surface area contributed by atoms with Gasteiger partial charge in [0.05, 0.1) is 17.9 Å². The molecule has 1 aliphatic rings. The van der Waals surface area contributed by atoms with Crippen LogP contribution in [0.4, 0.5) is 5.82 Å². The Morgan fingerprint density at radius 1 is 1.17 bits per heavy atom. The van der Waals surface area contributed by atoms with E-state index in [9.17, 15) is 4.79 Å². The fourth-order valence-electron chi connectivity index (χ4n) is 3.81. The Hall–Kier alpha value is -2.05. The molecule has 7 heteroatoms. The smallest absolute Gasteiger partial charge is 0.237 e. The molecule has 0 bridgehead atoms. The van der Waals surface area contributed by atoms with Crippen LogP contribution in [0.3, 0.4) is 0 Å². The summed E-state index contributed by atoms with van der Waals surface area (Å²) in [7, 11) is 2.16. The normalized spacial score (nSPS) is 15.1. The number of amides is 1. The van der Waals surface area contributed by atoms with Crippen molar-refractivity contribution >= 4 is 23.3 Å². The summed E-state index contributed by atoms with van der Waals surface area (Å²) in [5.74, 6) is 1.62. The number of hydrogen-bond acceptors (Lipinski definition) is 4. The number of halogens is 1. The summed E-state index contributed by atoms with van der Waals surface area (Å²) in [5, 5.41) is 4.90. The van der Waals surface area contributed by atoms with E-state index >= 15 is 0 Å². The van der Waals surface area contributed by atoms with Crippen LogP contribution in [0.15, 0.2) is 30.3 Å². The van der Waals surface area contributed by atoms with Gasteiger partial charge in [0, 0.05) is 38.3 Å². The maximum absolute atomic E-state index is 12.6. The molecule has 0 radical (unpaired) electrons. The van der Waals surface area contributed by atoms with Gasteiger partial charge in [-0.3, -0.25) is 4.79 Å². The Morgan fingerprint density at radius 2 is 1.83 bits per heavy atom. The number of para-hydroxylation sites is 1. The first kappa shape index (κ1) is 22.6. The number of rotatable bonds is 8. The molecule has 1 aromatic carbocycles. The number of nitrogens with zero attached hydrogens (tertiary/aromatic N) is 5. The number of aryl methyl sites for hydroxylation is 1. The molecule has 0 spiro atoms. The third-order valence-electron chi connectivity index (χ3n) is 5.75. The van der Waals surface area contributed by atoms with Gasteiger partial charge in [0.15, 0.2) is 0 Å². The number of aromatic nitrogens is 2. The molecule has 0 atom stereocenters. The zero-order chi connectivity index (χ0) is 21.7. The van der Waals surface area contributed by atoms with E-state index in [1.165, 1.54) is 0 Å². The third-order valence-corrected chi connectivity index (χ3v) is 5.98. The van der Waals surface area contributed by atoms with Crippen molar-refractivity contribution in [2.45, 2.75) is 33.7 Å². The van der Waals surface area contributed by atoms with Crippen LogP contribution >= 0.6 is 11.6 Å². The number of piperazine rings is 1.